The highest BCUT2D eigenvalue weighted by molar-refractivity contribution is 7.00. The lowest BCUT2D eigenvalue weighted by atomic mass is 10.0. The van der Waals surface area contributed by atoms with Crippen molar-refractivity contribution in [3.05, 3.63) is 71.9 Å². The van der Waals surface area contributed by atoms with E-state index >= 15 is 0 Å². The van der Waals surface area contributed by atoms with Gasteiger partial charge in [-0.05, 0) is 55.3 Å². The number of benzene rings is 3. The molecule has 0 aliphatic rings. The van der Waals surface area contributed by atoms with E-state index in [2.05, 4.69) is 15.7 Å². The number of hydrogen-bond donors (Lipinski definition) is 0. The Labute approximate surface area is 237 Å². The van der Waals surface area contributed by atoms with Gasteiger partial charge in [-0.2, -0.15) is 8.75 Å². The topological polar surface area (TPSA) is 86.5 Å². The van der Waals surface area contributed by atoms with E-state index in [1.54, 1.807) is 25.9 Å². The molecular weight excluding hydrogens is 524 g/mol. The zero-order chi connectivity index (χ0) is 28.2. The summed E-state index contributed by atoms with van der Waals surface area (Å²) in [6.07, 6.45) is 1.86. The summed E-state index contributed by atoms with van der Waals surface area (Å²) in [5.41, 5.74) is 6.12. The van der Waals surface area contributed by atoms with Crippen molar-refractivity contribution in [1.82, 2.24) is 13.3 Å². The molecule has 5 rings (SSSR count). The Morgan fingerprint density at radius 1 is 1.00 bits per heavy atom. The Hall–Kier alpha value is -4.24. The number of anilines is 1. The van der Waals surface area contributed by atoms with Crippen molar-refractivity contribution in [3.63, 3.8) is 0 Å². The summed E-state index contributed by atoms with van der Waals surface area (Å²) in [6, 6.07) is 19.5. The third kappa shape index (κ3) is 5.16. The Morgan fingerprint density at radius 2 is 1.80 bits per heavy atom. The quantitative estimate of drug-likeness (QED) is 0.178. The lowest BCUT2D eigenvalue weighted by Crippen LogP contribution is -2.29. The van der Waals surface area contributed by atoms with Gasteiger partial charge < -0.3 is 18.9 Å². The molecule has 2 aromatic heterocycles. The summed E-state index contributed by atoms with van der Waals surface area (Å²) < 4.78 is 22.0. The first-order valence-electron chi connectivity index (χ1n) is 13.4. The van der Waals surface area contributed by atoms with Gasteiger partial charge in [0, 0.05) is 41.2 Å². The van der Waals surface area contributed by atoms with Crippen LogP contribution >= 0.6 is 11.7 Å². The second kappa shape index (κ2) is 11.9. The Balaban J connectivity index is 1.81. The monoisotopic (exact) mass is 556 g/mol. The number of hydrogen-bond acceptors (Lipinski definition) is 7. The molecule has 0 saturated heterocycles. The molecule has 206 valence electrons. The second-order valence-electron chi connectivity index (χ2n) is 9.54. The lowest BCUT2D eigenvalue weighted by molar-refractivity contribution is -0.116. The number of rotatable bonds is 10. The summed E-state index contributed by atoms with van der Waals surface area (Å²) in [6.45, 7) is 6.74. The largest absolute Gasteiger partial charge is 0.496 e. The van der Waals surface area contributed by atoms with E-state index in [0.717, 1.165) is 74.6 Å². The van der Waals surface area contributed by atoms with Crippen molar-refractivity contribution in [2.24, 2.45) is 0 Å². The summed E-state index contributed by atoms with van der Waals surface area (Å²) in [5, 5.41) is 0.848. The van der Waals surface area contributed by atoms with Crippen LogP contribution in [0.2, 0.25) is 0 Å². The maximum atomic E-state index is 13.7. The highest BCUT2D eigenvalue weighted by atomic mass is 32.1. The zero-order valence-electron chi connectivity index (χ0n) is 23.1. The maximum Gasteiger partial charge on any atom is 0.355 e. The van der Waals surface area contributed by atoms with Gasteiger partial charge in [0.05, 0.1) is 32.0 Å². The molecule has 9 heteroatoms. The fraction of sp³-hybridized carbons (Fsp3) is 0.290. The number of fused-ring (bicyclic) bond motifs is 2. The number of para-hydroxylation sites is 1. The van der Waals surface area contributed by atoms with Crippen LogP contribution in [0.15, 0.2) is 60.7 Å². The van der Waals surface area contributed by atoms with Gasteiger partial charge in [-0.1, -0.05) is 37.6 Å². The first-order chi connectivity index (χ1) is 19.5. The molecule has 0 unspecified atom stereocenters. The molecule has 0 aliphatic carbocycles. The van der Waals surface area contributed by atoms with E-state index in [1.807, 2.05) is 65.2 Å². The number of aromatic nitrogens is 3. The summed E-state index contributed by atoms with van der Waals surface area (Å²) in [7, 11) is 1.64. The third-order valence-corrected chi connectivity index (χ3v) is 7.56. The van der Waals surface area contributed by atoms with Gasteiger partial charge in [0.2, 0.25) is 5.91 Å². The molecule has 8 nitrogen and oxygen atoms in total. The van der Waals surface area contributed by atoms with Crippen molar-refractivity contribution in [2.75, 3.05) is 25.2 Å². The van der Waals surface area contributed by atoms with Crippen molar-refractivity contribution >= 4 is 51.2 Å². The summed E-state index contributed by atoms with van der Waals surface area (Å²) in [4.78, 5) is 28.1. The molecule has 0 fully saturated rings. The van der Waals surface area contributed by atoms with Crippen LogP contribution in [0.3, 0.4) is 0 Å². The Kier molecular flexibility index (Phi) is 8.11. The van der Waals surface area contributed by atoms with E-state index in [0.29, 0.717) is 18.8 Å². The van der Waals surface area contributed by atoms with Gasteiger partial charge in [0.15, 0.2) is 0 Å². The predicted molar refractivity (Wildman–Crippen MR) is 159 cm³/mol. The van der Waals surface area contributed by atoms with E-state index in [1.165, 1.54) is 0 Å². The number of nitrogens with zero attached hydrogens (tertiary/aromatic N) is 4. The molecular formula is C31H32N4O4S. The van der Waals surface area contributed by atoms with Gasteiger partial charge in [0.25, 0.3) is 0 Å². The fourth-order valence-corrected chi connectivity index (χ4v) is 5.62. The van der Waals surface area contributed by atoms with E-state index in [9.17, 15) is 9.59 Å². The van der Waals surface area contributed by atoms with Crippen LogP contribution in [-0.4, -0.2) is 45.5 Å². The molecule has 0 bridgehead atoms. The minimum absolute atomic E-state index is 0.0246. The van der Waals surface area contributed by atoms with Crippen molar-refractivity contribution in [3.8, 4) is 16.9 Å². The first-order valence-corrected chi connectivity index (χ1v) is 14.2. The van der Waals surface area contributed by atoms with E-state index < -0.39 is 5.97 Å². The highest BCUT2D eigenvalue weighted by Gasteiger charge is 2.27. The highest BCUT2D eigenvalue weighted by Crippen LogP contribution is 2.39. The van der Waals surface area contributed by atoms with E-state index in [-0.39, 0.29) is 12.5 Å². The van der Waals surface area contributed by atoms with Crippen molar-refractivity contribution in [2.45, 2.75) is 40.2 Å². The predicted octanol–water partition coefficient (Wildman–Crippen LogP) is 6.70. The molecule has 5 aromatic rings. The number of ether oxygens (including phenoxy) is 2. The van der Waals surface area contributed by atoms with Crippen LogP contribution in [0.4, 0.5) is 5.69 Å². The van der Waals surface area contributed by atoms with Gasteiger partial charge >= 0.3 is 5.97 Å². The smallest absolute Gasteiger partial charge is 0.355 e. The standard InChI is InChI=1S/C31H32N4O4S/c1-5-7-16-34(20(3)36)23-13-15-27-24(18-23)29(21-12-14-25-26(17-21)33-40-32-25)30(31(37)39-6-2)35(27)19-22-10-8-9-11-28(22)38-4/h8-15,17-18H,5-7,16,19H2,1-4H3. The van der Waals surface area contributed by atoms with Crippen LogP contribution in [0.25, 0.3) is 33.1 Å². The Bertz CT molecular complexity index is 1690. The van der Waals surface area contributed by atoms with Gasteiger partial charge in [-0.3, -0.25) is 4.79 Å². The molecule has 0 atom stereocenters. The normalized spacial score (nSPS) is 11.2. The van der Waals surface area contributed by atoms with Crippen LogP contribution in [0, 0.1) is 0 Å². The molecule has 3 aromatic carbocycles. The molecule has 1 amide bonds. The second-order valence-corrected chi connectivity index (χ2v) is 10.1. The van der Waals surface area contributed by atoms with Crippen LogP contribution in [0.1, 0.15) is 49.7 Å². The number of amides is 1. The van der Waals surface area contributed by atoms with Gasteiger partial charge in [0.1, 0.15) is 22.5 Å². The van der Waals surface area contributed by atoms with Crippen LogP contribution in [0.5, 0.6) is 5.75 Å². The van der Waals surface area contributed by atoms with Gasteiger partial charge in [-0.15, -0.1) is 0 Å². The van der Waals surface area contributed by atoms with Crippen molar-refractivity contribution in [1.29, 1.82) is 0 Å². The minimum atomic E-state index is -0.420. The molecule has 0 saturated carbocycles. The SMILES string of the molecule is CCCCN(C(C)=O)c1ccc2c(c1)c(-c1ccc3nsnc3c1)c(C(=O)OCC)n2Cc1ccccc1OC. The number of unbranched alkanes of at least 4 members (excludes halogenated alkanes) is 1. The van der Waals surface area contributed by atoms with Gasteiger partial charge in [-0.25, -0.2) is 4.79 Å². The summed E-state index contributed by atoms with van der Waals surface area (Å²) >= 11 is 1.15. The number of carbonyl (C=O) groups is 2. The molecule has 0 spiro atoms. The third-order valence-electron chi connectivity index (χ3n) is 7.01. The van der Waals surface area contributed by atoms with Crippen molar-refractivity contribution < 1.29 is 19.1 Å². The zero-order valence-corrected chi connectivity index (χ0v) is 24.0. The molecule has 0 N–H and O–H groups in total. The maximum absolute atomic E-state index is 13.7. The first kappa shape index (κ1) is 27.3. The summed E-state index contributed by atoms with van der Waals surface area (Å²) in [5.74, 6) is 0.286. The number of methoxy groups -OCH3 is 1. The average Bonchev–Trinajstić information content (AvgIpc) is 3.55. The lowest BCUT2D eigenvalue weighted by Gasteiger charge is -2.21. The molecule has 0 radical (unpaired) electrons. The van der Waals surface area contributed by atoms with Crippen LogP contribution in [-0.2, 0) is 16.1 Å². The molecule has 2 heterocycles. The minimum Gasteiger partial charge on any atom is -0.496 e. The average molecular weight is 557 g/mol. The molecule has 0 aliphatic heterocycles. The number of esters is 1. The Morgan fingerprint density at radius 3 is 2.55 bits per heavy atom. The fourth-order valence-electron chi connectivity index (χ4n) is 5.10. The number of carbonyl (C=O) groups excluding carboxylic acids is 2. The van der Waals surface area contributed by atoms with Crippen LogP contribution < -0.4 is 9.64 Å². The molecule has 40 heavy (non-hydrogen) atoms. The van der Waals surface area contributed by atoms with E-state index in [4.69, 9.17) is 9.47 Å².